The third-order valence-electron chi connectivity index (χ3n) is 4.56. The standard InChI is InChI=1S/C17H17N7O5S5.Na/c18-8(25)5-33-17-23-22-16(34-17)32-3-6-2-30-13-10(12(27)24(13)11(6)14(28)29)21-9(26)1-7-4-31-15(19)20-7;/h4,10,13H,1-3,5H2,(H2,18,25)(H2,19,20)(H,21,26)(H,28,29);/q;+1/p-1/t10?,13-;/m1./s1. The van der Waals surface area contributed by atoms with E-state index < -0.39 is 35.1 Å². The van der Waals surface area contributed by atoms with Gasteiger partial charge in [0, 0.05) is 16.9 Å². The molecule has 1 saturated heterocycles. The quantitative estimate of drug-likeness (QED) is 0.139. The summed E-state index contributed by atoms with van der Waals surface area (Å²) in [6, 6.07) is -0.829. The number of nitrogens with two attached hydrogens (primary N) is 2. The maximum Gasteiger partial charge on any atom is 1.00 e. The summed E-state index contributed by atoms with van der Waals surface area (Å²) < 4.78 is 1.16. The Balaban J connectivity index is 0.00000342. The van der Waals surface area contributed by atoms with Crippen LogP contribution in [0.4, 0.5) is 5.13 Å². The molecule has 2 aromatic heterocycles. The number of fused-ring (bicyclic) bond motifs is 1. The largest absolute Gasteiger partial charge is 1.00 e. The molecule has 18 heteroatoms. The van der Waals surface area contributed by atoms with Gasteiger partial charge in [-0.15, -0.1) is 33.3 Å². The number of thiazole rings is 1. The first kappa shape index (κ1) is 28.2. The van der Waals surface area contributed by atoms with E-state index in [-0.39, 0.29) is 53.2 Å². The van der Waals surface area contributed by atoms with Crippen molar-refractivity contribution in [1.29, 1.82) is 0 Å². The molecule has 1 unspecified atom stereocenters. The molecule has 0 saturated carbocycles. The molecule has 0 spiro atoms. The summed E-state index contributed by atoms with van der Waals surface area (Å²) in [5.41, 5.74) is 11.5. The first-order valence-electron chi connectivity index (χ1n) is 9.47. The minimum absolute atomic E-state index is 0. The van der Waals surface area contributed by atoms with Crippen molar-refractivity contribution in [3.63, 3.8) is 0 Å². The fourth-order valence-corrected chi connectivity index (χ4v) is 7.98. The summed E-state index contributed by atoms with van der Waals surface area (Å²) >= 11 is 6.29. The van der Waals surface area contributed by atoms with E-state index in [1.54, 1.807) is 5.38 Å². The Kier molecular flexibility index (Phi) is 9.90. The van der Waals surface area contributed by atoms with Gasteiger partial charge in [-0.25, -0.2) is 4.98 Å². The molecular weight excluding hydrogens is 566 g/mol. The van der Waals surface area contributed by atoms with Crippen LogP contribution in [0.3, 0.4) is 0 Å². The van der Waals surface area contributed by atoms with E-state index in [1.165, 1.54) is 62.9 Å². The van der Waals surface area contributed by atoms with Crippen molar-refractivity contribution >= 4 is 86.8 Å². The van der Waals surface area contributed by atoms with Gasteiger partial charge in [-0.3, -0.25) is 19.3 Å². The number of aromatic nitrogens is 3. The normalized spacial score (nSPS) is 19.0. The summed E-state index contributed by atoms with van der Waals surface area (Å²) in [6.07, 6.45) is -0.0263. The number of β-lactam (4-membered cyclic amide) rings is 1. The Morgan fingerprint density at radius 1 is 1.26 bits per heavy atom. The van der Waals surface area contributed by atoms with E-state index in [0.29, 0.717) is 30.8 Å². The van der Waals surface area contributed by atoms with Crippen molar-refractivity contribution < 1.29 is 53.8 Å². The number of nitrogens with zero attached hydrogens (tertiary/aromatic N) is 4. The average Bonchev–Trinajstić information content (AvgIpc) is 3.42. The summed E-state index contributed by atoms with van der Waals surface area (Å²) in [6.45, 7) is 0. The third-order valence-corrected chi connectivity index (χ3v) is 9.92. The summed E-state index contributed by atoms with van der Waals surface area (Å²) in [5, 5.41) is 24.0. The van der Waals surface area contributed by atoms with Crippen LogP contribution in [0.15, 0.2) is 25.3 Å². The predicted molar refractivity (Wildman–Crippen MR) is 128 cm³/mol. The summed E-state index contributed by atoms with van der Waals surface area (Å²) in [4.78, 5) is 53.0. The predicted octanol–water partition coefficient (Wildman–Crippen LogP) is -4.10. The number of nitrogen functional groups attached to an aromatic ring is 1. The van der Waals surface area contributed by atoms with E-state index >= 15 is 0 Å². The topological polar surface area (TPSA) is 197 Å². The molecule has 1 fully saturated rings. The van der Waals surface area contributed by atoms with Gasteiger partial charge in [0.05, 0.1) is 29.5 Å². The summed E-state index contributed by atoms with van der Waals surface area (Å²) in [5.74, 6) is -2.12. The maximum absolute atomic E-state index is 12.7. The molecular formula is C17H16N7NaO5S5. The van der Waals surface area contributed by atoms with Gasteiger partial charge in [-0.1, -0.05) is 34.9 Å². The first-order chi connectivity index (χ1) is 16.2. The van der Waals surface area contributed by atoms with E-state index in [0.717, 1.165) is 0 Å². The van der Waals surface area contributed by atoms with Gasteiger partial charge in [0.15, 0.2) is 13.8 Å². The number of carboxylic acids is 1. The molecule has 2 aliphatic heterocycles. The second kappa shape index (κ2) is 12.3. The van der Waals surface area contributed by atoms with E-state index in [2.05, 4.69) is 20.5 Å². The molecule has 0 aliphatic carbocycles. The molecule has 0 aromatic carbocycles. The Morgan fingerprint density at radius 2 is 1.97 bits per heavy atom. The van der Waals surface area contributed by atoms with Crippen molar-refractivity contribution in [3.8, 4) is 0 Å². The van der Waals surface area contributed by atoms with Crippen LogP contribution in [0.25, 0.3) is 0 Å². The van der Waals surface area contributed by atoms with Gasteiger partial charge >= 0.3 is 29.6 Å². The Labute approximate surface area is 241 Å². The van der Waals surface area contributed by atoms with E-state index in [4.69, 9.17) is 11.5 Å². The van der Waals surface area contributed by atoms with E-state index in [9.17, 15) is 24.3 Å². The molecule has 2 atom stereocenters. The number of rotatable bonds is 10. The molecule has 4 heterocycles. The van der Waals surface area contributed by atoms with Gasteiger partial charge in [0.2, 0.25) is 11.8 Å². The van der Waals surface area contributed by atoms with Gasteiger partial charge in [-0.05, 0) is 5.57 Å². The SMILES string of the molecule is NC(=O)CSc1nnc(SCC2=C(C(=O)[O-])N3C(=O)C(NC(=O)Cc4csc(N)n4)[C@H]3SC2)s1.[Na+]. The van der Waals surface area contributed by atoms with Gasteiger partial charge < -0.3 is 26.7 Å². The number of amides is 3. The Hall–Kier alpha value is -1.34. The number of carbonyl (C=O) groups is 4. The minimum Gasteiger partial charge on any atom is -0.543 e. The Bertz CT molecular complexity index is 1190. The molecule has 35 heavy (non-hydrogen) atoms. The minimum atomic E-state index is -1.45. The van der Waals surface area contributed by atoms with Crippen LogP contribution in [0, 0.1) is 0 Å². The number of hydrogen-bond acceptors (Lipinski definition) is 14. The zero-order valence-electron chi connectivity index (χ0n) is 18.1. The van der Waals surface area contributed by atoms with Crippen LogP contribution >= 0.6 is 58.0 Å². The van der Waals surface area contributed by atoms with Crippen molar-refractivity contribution in [1.82, 2.24) is 25.4 Å². The van der Waals surface area contributed by atoms with Crippen molar-refractivity contribution in [3.05, 3.63) is 22.3 Å². The zero-order valence-corrected chi connectivity index (χ0v) is 24.2. The number of carboxylic acid groups (broad SMARTS) is 1. The van der Waals surface area contributed by atoms with Crippen LogP contribution in [0.5, 0.6) is 0 Å². The zero-order chi connectivity index (χ0) is 24.4. The number of carbonyl (C=O) groups excluding carboxylic acids is 4. The molecule has 2 aliphatic rings. The van der Waals surface area contributed by atoms with Crippen LogP contribution in [-0.4, -0.2) is 72.4 Å². The second-order valence-corrected chi connectivity index (χ2v) is 12.3. The fourth-order valence-electron chi connectivity index (χ4n) is 3.17. The third kappa shape index (κ3) is 6.71. The first-order valence-corrected chi connectivity index (χ1v) is 14.2. The molecule has 2 aromatic rings. The maximum atomic E-state index is 12.7. The molecule has 0 radical (unpaired) electrons. The van der Waals surface area contributed by atoms with Crippen LogP contribution in [0.2, 0.25) is 0 Å². The van der Waals surface area contributed by atoms with Crippen LogP contribution in [-0.2, 0) is 25.6 Å². The number of thioether (sulfide) groups is 3. The smallest absolute Gasteiger partial charge is 0.543 e. The average molecular weight is 582 g/mol. The molecule has 180 valence electrons. The molecule has 12 nitrogen and oxygen atoms in total. The van der Waals surface area contributed by atoms with Crippen molar-refractivity contribution in [2.24, 2.45) is 5.73 Å². The monoisotopic (exact) mass is 581 g/mol. The second-order valence-electron chi connectivity index (χ2n) is 6.93. The van der Waals surface area contributed by atoms with Gasteiger partial charge in [0.1, 0.15) is 11.4 Å². The van der Waals surface area contributed by atoms with E-state index in [1.807, 2.05) is 0 Å². The number of primary amides is 1. The molecule has 5 N–H and O–H groups in total. The fraction of sp³-hybridized carbons (Fsp3) is 0.353. The molecule has 4 rings (SSSR count). The van der Waals surface area contributed by atoms with Crippen molar-refractivity contribution in [2.45, 2.75) is 26.5 Å². The summed E-state index contributed by atoms with van der Waals surface area (Å²) in [7, 11) is 0. The van der Waals surface area contributed by atoms with Gasteiger partial charge in [-0.2, -0.15) is 0 Å². The van der Waals surface area contributed by atoms with Gasteiger partial charge in [0.25, 0.3) is 5.91 Å². The number of hydrogen-bond donors (Lipinski definition) is 3. The van der Waals surface area contributed by atoms with Crippen molar-refractivity contribution in [2.75, 3.05) is 23.0 Å². The van der Waals surface area contributed by atoms with Crippen LogP contribution in [0.1, 0.15) is 5.69 Å². The number of aliphatic carboxylic acids is 1. The number of anilines is 1. The number of nitrogens with one attached hydrogen (secondary N) is 1. The molecule has 3 amide bonds. The van der Waals surface area contributed by atoms with Crippen LogP contribution < -0.4 is 51.4 Å². The molecule has 0 bridgehead atoms. The Morgan fingerprint density at radius 3 is 2.60 bits per heavy atom.